The zero-order chi connectivity index (χ0) is 12.8. The molecule has 0 radical (unpaired) electrons. The second-order valence-corrected chi connectivity index (χ2v) is 8.03. The van der Waals surface area contributed by atoms with Crippen LogP contribution >= 0.6 is 0 Å². The third kappa shape index (κ3) is 2.32. The lowest BCUT2D eigenvalue weighted by molar-refractivity contribution is 0.463. The van der Waals surface area contributed by atoms with E-state index in [1.54, 1.807) is 0 Å². The first-order valence-corrected chi connectivity index (χ1v) is 8.62. The van der Waals surface area contributed by atoms with Gasteiger partial charge < -0.3 is 4.57 Å². The average Bonchev–Trinajstić information content (AvgIpc) is 2.83. The first kappa shape index (κ1) is 12.2. The summed E-state index contributed by atoms with van der Waals surface area (Å²) in [6.07, 6.45) is 6.21. The number of imidazole rings is 1. The van der Waals surface area contributed by atoms with Crippen molar-refractivity contribution in [3.63, 3.8) is 0 Å². The lowest BCUT2D eigenvalue weighted by Gasteiger charge is -2.19. The van der Waals surface area contributed by atoms with Gasteiger partial charge in [0.2, 0.25) is 0 Å². The quantitative estimate of drug-likeness (QED) is 0.821. The zero-order valence-electron chi connectivity index (χ0n) is 10.8. The van der Waals surface area contributed by atoms with Crippen LogP contribution in [-0.2, 0) is 22.8 Å². The number of aromatic nitrogens is 2. The van der Waals surface area contributed by atoms with Crippen LogP contribution in [0.25, 0.3) is 0 Å². The Morgan fingerprint density at radius 1 is 1.44 bits per heavy atom. The first-order valence-electron chi connectivity index (χ1n) is 6.80. The molecule has 3 heterocycles. The minimum atomic E-state index is -2.76. The molecule has 0 N–H and O–H groups in total. The van der Waals surface area contributed by atoms with Gasteiger partial charge in [-0.1, -0.05) is 6.92 Å². The predicted octanol–water partition coefficient (Wildman–Crippen LogP) is 1.76. The fourth-order valence-electron chi connectivity index (χ4n) is 3.18. The highest BCUT2D eigenvalue weighted by Gasteiger charge is 2.29. The molecule has 18 heavy (non-hydrogen) atoms. The summed E-state index contributed by atoms with van der Waals surface area (Å²) >= 11 is 0. The lowest BCUT2D eigenvalue weighted by atomic mass is 10.0. The minimum absolute atomic E-state index is 0.280. The van der Waals surface area contributed by atoms with Gasteiger partial charge >= 0.3 is 0 Å². The lowest BCUT2D eigenvalue weighted by Crippen LogP contribution is -2.12. The van der Waals surface area contributed by atoms with E-state index in [1.807, 2.05) is 0 Å². The fourth-order valence-corrected chi connectivity index (χ4v) is 5.04. The number of hydrogen-bond acceptors (Lipinski definition) is 3. The molecule has 4 nitrogen and oxygen atoms in total. The van der Waals surface area contributed by atoms with E-state index >= 15 is 0 Å². The maximum Gasteiger partial charge on any atom is 0.150 e. The molecule has 2 unspecified atom stereocenters. The smallest absolute Gasteiger partial charge is 0.150 e. The van der Waals surface area contributed by atoms with Crippen LogP contribution in [0.3, 0.4) is 0 Å². The number of nitrogens with zero attached hydrogens (tertiary/aromatic N) is 2. The first-order chi connectivity index (χ1) is 8.53. The van der Waals surface area contributed by atoms with Crippen molar-refractivity contribution in [2.75, 3.05) is 11.5 Å². The van der Waals surface area contributed by atoms with Crippen molar-refractivity contribution >= 4 is 9.84 Å². The summed E-state index contributed by atoms with van der Waals surface area (Å²) < 4.78 is 25.2. The standard InChI is InChI=1S/C13H20N2O2S/c1-10-3-2-5-15-8-12(14-13(10)15)7-11-4-6-18(16,17)9-11/h8,10-11H,2-7,9H2,1H3. The van der Waals surface area contributed by atoms with Gasteiger partial charge in [-0.05, 0) is 31.6 Å². The topological polar surface area (TPSA) is 52.0 Å². The Morgan fingerprint density at radius 3 is 2.94 bits per heavy atom. The van der Waals surface area contributed by atoms with E-state index in [9.17, 15) is 8.42 Å². The number of aryl methyl sites for hydroxylation is 1. The SMILES string of the molecule is CC1CCCn2cc(CC3CCS(=O)(=O)C3)nc21. The van der Waals surface area contributed by atoms with Crippen LogP contribution in [0.4, 0.5) is 0 Å². The van der Waals surface area contributed by atoms with E-state index in [0.717, 1.165) is 25.1 Å². The number of sulfone groups is 1. The summed E-state index contributed by atoms with van der Waals surface area (Å²) in [5, 5.41) is 0. The Morgan fingerprint density at radius 2 is 2.28 bits per heavy atom. The Bertz CT molecular complexity index is 547. The normalized spacial score (nSPS) is 30.3. The van der Waals surface area contributed by atoms with Gasteiger partial charge in [0, 0.05) is 18.7 Å². The number of rotatable bonds is 2. The van der Waals surface area contributed by atoms with Crippen LogP contribution in [-0.4, -0.2) is 29.5 Å². The van der Waals surface area contributed by atoms with Crippen molar-refractivity contribution < 1.29 is 8.42 Å². The van der Waals surface area contributed by atoms with Crippen molar-refractivity contribution in [2.24, 2.45) is 5.92 Å². The predicted molar refractivity (Wildman–Crippen MR) is 70.3 cm³/mol. The Kier molecular flexibility index (Phi) is 2.96. The van der Waals surface area contributed by atoms with Crippen molar-refractivity contribution in [3.8, 4) is 0 Å². The molecular formula is C13H20N2O2S. The summed E-state index contributed by atoms with van der Waals surface area (Å²) in [4.78, 5) is 4.71. The largest absolute Gasteiger partial charge is 0.334 e. The molecule has 1 aromatic heterocycles. The molecule has 2 aliphatic rings. The highest BCUT2D eigenvalue weighted by atomic mass is 32.2. The summed E-state index contributed by atoms with van der Waals surface area (Å²) in [5.74, 6) is 2.73. The van der Waals surface area contributed by atoms with E-state index in [1.165, 1.54) is 18.7 Å². The highest BCUT2D eigenvalue weighted by Crippen LogP contribution is 2.28. The molecule has 1 fully saturated rings. The molecule has 0 bridgehead atoms. The van der Waals surface area contributed by atoms with Crippen molar-refractivity contribution in [3.05, 3.63) is 17.7 Å². The van der Waals surface area contributed by atoms with Gasteiger partial charge in [0.05, 0.1) is 17.2 Å². The summed E-state index contributed by atoms with van der Waals surface area (Å²) in [6, 6.07) is 0. The number of fused-ring (bicyclic) bond motifs is 1. The third-order valence-electron chi connectivity index (χ3n) is 4.16. The molecule has 5 heteroatoms. The van der Waals surface area contributed by atoms with Crippen LogP contribution < -0.4 is 0 Å². The van der Waals surface area contributed by atoms with Crippen molar-refractivity contribution in [2.45, 2.75) is 45.1 Å². The molecule has 1 aromatic rings. The summed E-state index contributed by atoms with van der Waals surface area (Å²) in [5.41, 5.74) is 1.08. The van der Waals surface area contributed by atoms with Crippen LogP contribution in [0, 0.1) is 5.92 Å². The molecule has 0 amide bonds. The van der Waals surface area contributed by atoms with E-state index in [4.69, 9.17) is 4.98 Å². The Labute approximate surface area is 108 Å². The molecule has 0 aromatic carbocycles. The minimum Gasteiger partial charge on any atom is -0.334 e. The summed E-state index contributed by atoms with van der Waals surface area (Å²) in [7, 11) is -2.76. The molecular weight excluding hydrogens is 248 g/mol. The second kappa shape index (κ2) is 4.37. The van der Waals surface area contributed by atoms with E-state index in [0.29, 0.717) is 17.4 Å². The number of hydrogen-bond donors (Lipinski definition) is 0. The average molecular weight is 268 g/mol. The highest BCUT2D eigenvalue weighted by molar-refractivity contribution is 7.91. The van der Waals surface area contributed by atoms with Gasteiger partial charge in [-0.2, -0.15) is 0 Å². The van der Waals surface area contributed by atoms with Crippen molar-refractivity contribution in [1.82, 2.24) is 9.55 Å². The molecule has 3 rings (SSSR count). The van der Waals surface area contributed by atoms with Gasteiger partial charge in [0.1, 0.15) is 5.82 Å². The van der Waals surface area contributed by atoms with E-state index in [2.05, 4.69) is 17.7 Å². The third-order valence-corrected chi connectivity index (χ3v) is 6.00. The molecule has 0 saturated carbocycles. The second-order valence-electron chi connectivity index (χ2n) is 5.80. The fraction of sp³-hybridized carbons (Fsp3) is 0.769. The van der Waals surface area contributed by atoms with Crippen LogP contribution in [0.2, 0.25) is 0 Å². The molecule has 2 atom stereocenters. The molecule has 0 aliphatic carbocycles. The molecule has 100 valence electrons. The maximum atomic E-state index is 11.5. The van der Waals surface area contributed by atoms with E-state index < -0.39 is 9.84 Å². The van der Waals surface area contributed by atoms with Gasteiger partial charge in [0.25, 0.3) is 0 Å². The van der Waals surface area contributed by atoms with Gasteiger partial charge in [0.15, 0.2) is 9.84 Å². The van der Waals surface area contributed by atoms with E-state index in [-0.39, 0.29) is 5.92 Å². The van der Waals surface area contributed by atoms with Crippen molar-refractivity contribution in [1.29, 1.82) is 0 Å². The van der Waals surface area contributed by atoms with Gasteiger partial charge in [-0.15, -0.1) is 0 Å². The van der Waals surface area contributed by atoms with Crippen LogP contribution in [0.1, 0.15) is 43.6 Å². The molecule has 0 spiro atoms. The molecule has 2 aliphatic heterocycles. The van der Waals surface area contributed by atoms with Crippen LogP contribution in [0.5, 0.6) is 0 Å². The summed E-state index contributed by atoms with van der Waals surface area (Å²) in [6.45, 7) is 3.29. The molecule has 1 saturated heterocycles. The van der Waals surface area contributed by atoms with Gasteiger partial charge in [-0.25, -0.2) is 13.4 Å². The monoisotopic (exact) mass is 268 g/mol. The van der Waals surface area contributed by atoms with Gasteiger partial charge in [-0.3, -0.25) is 0 Å². The maximum absolute atomic E-state index is 11.5. The Balaban J connectivity index is 1.74. The Hall–Kier alpha value is -0.840. The van der Waals surface area contributed by atoms with Crippen LogP contribution in [0.15, 0.2) is 6.20 Å². The zero-order valence-corrected chi connectivity index (χ0v) is 11.6.